The third-order valence-corrected chi connectivity index (χ3v) is 5.43. The lowest BCUT2D eigenvalue weighted by molar-refractivity contribution is 0.103. The van der Waals surface area contributed by atoms with E-state index in [0.29, 0.717) is 22.6 Å². The Balaban J connectivity index is 1.88. The number of hydrogen-bond donors (Lipinski definition) is 0. The molecule has 1 heterocycles. The van der Waals surface area contributed by atoms with Crippen molar-refractivity contribution in [1.82, 2.24) is 4.57 Å². The molecule has 3 nitrogen and oxygen atoms in total. The maximum absolute atomic E-state index is 13.4. The number of ketones is 1. The number of hydrogen-bond acceptors (Lipinski definition) is 3. The first-order valence-electron chi connectivity index (χ1n) is 8.69. The van der Waals surface area contributed by atoms with Crippen LogP contribution in [0.15, 0.2) is 72.8 Å². The van der Waals surface area contributed by atoms with Crippen LogP contribution in [0.4, 0.5) is 0 Å². The molecule has 4 heteroatoms. The van der Waals surface area contributed by atoms with Gasteiger partial charge in [0, 0.05) is 18.0 Å². The third-order valence-electron chi connectivity index (χ3n) is 5.03. The van der Waals surface area contributed by atoms with Crippen LogP contribution in [-0.2, 0) is 7.05 Å². The van der Waals surface area contributed by atoms with E-state index in [0.717, 1.165) is 26.7 Å². The highest BCUT2D eigenvalue weighted by molar-refractivity contribution is 7.71. The lowest BCUT2D eigenvalue weighted by Crippen LogP contribution is -2.13. The van der Waals surface area contributed by atoms with Gasteiger partial charge in [0.25, 0.3) is 0 Å². The topological polar surface area (TPSA) is 31.2 Å². The Morgan fingerprint density at radius 1 is 0.852 bits per heavy atom. The van der Waals surface area contributed by atoms with Gasteiger partial charge in [-0.1, -0.05) is 54.7 Å². The molecule has 0 amide bonds. The minimum atomic E-state index is -0.0215. The fraction of sp³-hybridized carbons (Fsp3) is 0.0435. The molecular formula is C23H15NO2S. The highest BCUT2D eigenvalue weighted by Crippen LogP contribution is 2.43. The van der Waals surface area contributed by atoms with E-state index < -0.39 is 0 Å². The largest absolute Gasteiger partial charge is 0.457 e. The molecule has 0 unspecified atom stereocenters. The monoisotopic (exact) mass is 369 g/mol. The molecule has 130 valence electrons. The van der Waals surface area contributed by atoms with Crippen molar-refractivity contribution in [2.24, 2.45) is 7.05 Å². The number of pyridine rings is 1. The van der Waals surface area contributed by atoms with Crippen LogP contribution in [-0.4, -0.2) is 10.4 Å². The maximum atomic E-state index is 13.4. The van der Waals surface area contributed by atoms with E-state index in [-0.39, 0.29) is 5.78 Å². The van der Waals surface area contributed by atoms with E-state index in [2.05, 4.69) is 0 Å². The van der Waals surface area contributed by atoms with Crippen LogP contribution in [0.5, 0.6) is 11.5 Å². The van der Waals surface area contributed by atoms with Crippen molar-refractivity contribution in [2.45, 2.75) is 0 Å². The van der Waals surface area contributed by atoms with Crippen molar-refractivity contribution >= 4 is 28.9 Å². The molecule has 0 saturated heterocycles. The van der Waals surface area contributed by atoms with E-state index in [9.17, 15) is 4.79 Å². The summed E-state index contributed by atoms with van der Waals surface area (Å²) in [7, 11) is 1.92. The normalized spacial score (nSPS) is 12.1. The van der Waals surface area contributed by atoms with Crippen LogP contribution < -0.4 is 4.74 Å². The smallest absolute Gasteiger partial charge is 0.198 e. The number of benzene rings is 3. The summed E-state index contributed by atoms with van der Waals surface area (Å²) < 4.78 is 8.76. The Morgan fingerprint density at radius 3 is 2.33 bits per heavy atom. The van der Waals surface area contributed by atoms with Crippen LogP contribution in [0.1, 0.15) is 15.9 Å². The number of aromatic nitrogens is 1. The van der Waals surface area contributed by atoms with Crippen LogP contribution in [0, 0.1) is 4.64 Å². The third kappa shape index (κ3) is 2.34. The number of rotatable bonds is 2. The van der Waals surface area contributed by atoms with Crippen LogP contribution >= 0.6 is 12.2 Å². The number of nitrogens with zero attached hydrogens (tertiary/aromatic N) is 1. The molecule has 0 bridgehead atoms. The molecule has 0 atom stereocenters. The molecule has 1 aliphatic carbocycles. The van der Waals surface area contributed by atoms with Crippen LogP contribution in [0.2, 0.25) is 0 Å². The molecule has 5 rings (SSSR count). The Morgan fingerprint density at radius 2 is 1.56 bits per heavy atom. The first kappa shape index (κ1) is 16.0. The molecule has 0 fully saturated rings. The molecular weight excluding hydrogens is 354 g/mol. The molecule has 1 aliphatic rings. The van der Waals surface area contributed by atoms with Crippen molar-refractivity contribution in [3.63, 3.8) is 0 Å². The molecule has 1 aromatic heterocycles. The number of para-hydroxylation sites is 1. The van der Waals surface area contributed by atoms with Crippen molar-refractivity contribution in [3.8, 4) is 22.6 Å². The standard InChI is InChI=1S/C23H15NO2S/c1-24-18-11-12-19(26-14-7-3-2-4-8-14)22-21(18)17(13-20(24)27)15-9-5-6-10-16(15)23(22)25/h2-13H,1H3. The summed E-state index contributed by atoms with van der Waals surface area (Å²) >= 11 is 5.54. The number of carbonyl (C=O) groups excluding carboxylic acids is 1. The van der Waals surface area contributed by atoms with Crippen molar-refractivity contribution in [2.75, 3.05) is 0 Å². The van der Waals surface area contributed by atoms with Gasteiger partial charge in [-0.25, -0.2) is 0 Å². The maximum Gasteiger partial charge on any atom is 0.198 e. The zero-order valence-electron chi connectivity index (χ0n) is 14.6. The van der Waals surface area contributed by atoms with E-state index in [4.69, 9.17) is 17.0 Å². The summed E-state index contributed by atoms with van der Waals surface area (Å²) in [6.45, 7) is 0. The van der Waals surface area contributed by atoms with E-state index in [1.165, 1.54) is 0 Å². The quantitative estimate of drug-likeness (QED) is 0.362. The summed E-state index contributed by atoms with van der Waals surface area (Å²) in [6, 6.07) is 23.0. The van der Waals surface area contributed by atoms with Crippen molar-refractivity contribution < 1.29 is 9.53 Å². The number of fused-ring (bicyclic) bond motifs is 2. The average molecular weight is 369 g/mol. The van der Waals surface area contributed by atoms with Crippen molar-refractivity contribution in [1.29, 1.82) is 0 Å². The van der Waals surface area contributed by atoms with Gasteiger partial charge in [-0.3, -0.25) is 4.79 Å². The summed E-state index contributed by atoms with van der Waals surface area (Å²) in [6.07, 6.45) is 0. The Bertz CT molecular complexity index is 1290. The Hall–Kier alpha value is -3.24. The average Bonchev–Trinajstić information content (AvgIpc) is 2.70. The van der Waals surface area contributed by atoms with Gasteiger partial charge in [-0.15, -0.1) is 0 Å². The summed E-state index contributed by atoms with van der Waals surface area (Å²) in [4.78, 5) is 13.4. The minimum Gasteiger partial charge on any atom is -0.457 e. The molecule has 0 saturated carbocycles. The number of aryl methyl sites for hydroxylation is 1. The second kappa shape index (κ2) is 5.89. The first-order chi connectivity index (χ1) is 13.1. The molecule has 0 aliphatic heterocycles. The van der Waals surface area contributed by atoms with Gasteiger partial charge in [0.1, 0.15) is 16.1 Å². The molecule has 4 aromatic rings. The van der Waals surface area contributed by atoms with Gasteiger partial charge in [-0.05, 0) is 41.5 Å². The van der Waals surface area contributed by atoms with Crippen LogP contribution in [0.3, 0.4) is 0 Å². The lowest BCUT2D eigenvalue weighted by Gasteiger charge is -2.23. The number of carbonyl (C=O) groups is 1. The van der Waals surface area contributed by atoms with Gasteiger partial charge in [0.05, 0.1) is 11.1 Å². The highest BCUT2D eigenvalue weighted by atomic mass is 32.1. The van der Waals surface area contributed by atoms with Gasteiger partial charge in [-0.2, -0.15) is 0 Å². The van der Waals surface area contributed by atoms with Crippen molar-refractivity contribution in [3.05, 3.63) is 88.6 Å². The molecule has 3 aromatic carbocycles. The lowest BCUT2D eigenvalue weighted by atomic mass is 9.83. The SMILES string of the molecule is Cn1c(=S)cc2c3c(c(Oc4ccccc4)ccc31)C(=O)c1ccccc1-2. The first-order valence-corrected chi connectivity index (χ1v) is 9.10. The molecule has 0 radical (unpaired) electrons. The Kier molecular flexibility index (Phi) is 3.49. The molecule has 0 N–H and O–H groups in total. The number of ether oxygens (including phenoxy) is 1. The van der Waals surface area contributed by atoms with Gasteiger partial charge < -0.3 is 9.30 Å². The van der Waals surface area contributed by atoms with E-state index in [1.807, 2.05) is 84.4 Å². The predicted octanol–water partition coefficient (Wildman–Crippen LogP) is 5.91. The summed E-state index contributed by atoms with van der Waals surface area (Å²) in [5, 5.41) is 0.892. The van der Waals surface area contributed by atoms with Crippen LogP contribution in [0.25, 0.3) is 22.0 Å². The van der Waals surface area contributed by atoms with E-state index >= 15 is 0 Å². The van der Waals surface area contributed by atoms with Gasteiger partial charge in [0.2, 0.25) is 0 Å². The Labute approximate surface area is 161 Å². The predicted molar refractivity (Wildman–Crippen MR) is 109 cm³/mol. The minimum absolute atomic E-state index is 0.0215. The summed E-state index contributed by atoms with van der Waals surface area (Å²) in [5.41, 5.74) is 4.10. The second-order valence-corrected chi connectivity index (χ2v) is 7.00. The zero-order valence-corrected chi connectivity index (χ0v) is 15.4. The highest BCUT2D eigenvalue weighted by Gasteiger charge is 2.29. The second-order valence-electron chi connectivity index (χ2n) is 6.58. The fourth-order valence-corrected chi connectivity index (χ4v) is 3.94. The summed E-state index contributed by atoms with van der Waals surface area (Å²) in [5.74, 6) is 1.24. The molecule has 0 spiro atoms. The fourth-order valence-electron chi connectivity index (χ4n) is 3.72. The zero-order chi connectivity index (χ0) is 18.5. The van der Waals surface area contributed by atoms with Gasteiger partial charge >= 0.3 is 0 Å². The van der Waals surface area contributed by atoms with E-state index in [1.54, 1.807) is 0 Å². The van der Waals surface area contributed by atoms with Gasteiger partial charge in [0.15, 0.2) is 5.78 Å². The molecule has 27 heavy (non-hydrogen) atoms.